The third-order valence-electron chi connectivity index (χ3n) is 2.78. The lowest BCUT2D eigenvalue weighted by molar-refractivity contribution is 0.102. The fraction of sp³-hybridized carbons (Fsp3) is 0.727. The zero-order valence-corrected chi connectivity index (χ0v) is 10.2. The molecule has 92 valence electrons. The van der Waals surface area contributed by atoms with Gasteiger partial charge in [-0.15, -0.1) is 0 Å². The first-order valence-electron chi connectivity index (χ1n) is 5.53. The smallest absolute Gasteiger partial charge is 0.0633 e. The van der Waals surface area contributed by atoms with Gasteiger partial charge in [0.2, 0.25) is 0 Å². The van der Waals surface area contributed by atoms with E-state index in [-0.39, 0.29) is 13.2 Å². The summed E-state index contributed by atoms with van der Waals surface area (Å²) in [7, 11) is 1.89. The van der Waals surface area contributed by atoms with Crippen LogP contribution in [0.3, 0.4) is 0 Å². The van der Waals surface area contributed by atoms with Crippen molar-refractivity contribution in [3.05, 3.63) is 17.5 Å². The van der Waals surface area contributed by atoms with Gasteiger partial charge in [-0.25, -0.2) is 0 Å². The molecule has 1 heterocycles. The van der Waals surface area contributed by atoms with E-state index in [4.69, 9.17) is 10.2 Å². The maximum Gasteiger partial charge on any atom is 0.0633 e. The number of nitrogens with zero attached hydrogens (tertiary/aromatic N) is 2. The Hall–Kier alpha value is -0.910. The van der Waals surface area contributed by atoms with E-state index in [1.807, 2.05) is 17.8 Å². The molecule has 3 N–H and O–H groups in total. The van der Waals surface area contributed by atoms with Gasteiger partial charge in [-0.3, -0.25) is 4.68 Å². The first-order valence-corrected chi connectivity index (χ1v) is 5.53. The largest absolute Gasteiger partial charge is 0.394 e. The quantitative estimate of drug-likeness (QED) is 0.630. The number of hydrogen-bond acceptors (Lipinski definition) is 4. The second kappa shape index (κ2) is 5.43. The van der Waals surface area contributed by atoms with Crippen LogP contribution in [0.15, 0.2) is 6.07 Å². The van der Waals surface area contributed by atoms with Crippen molar-refractivity contribution in [1.29, 1.82) is 0 Å². The third-order valence-corrected chi connectivity index (χ3v) is 2.78. The molecule has 5 heteroatoms. The number of aliphatic hydroxyl groups is 2. The summed E-state index contributed by atoms with van der Waals surface area (Å²) in [6.45, 7) is 4.24. The second-order valence-electron chi connectivity index (χ2n) is 4.33. The van der Waals surface area contributed by atoms with Gasteiger partial charge in [-0.2, -0.15) is 5.10 Å². The van der Waals surface area contributed by atoms with Gasteiger partial charge in [-0.1, -0.05) is 6.92 Å². The molecule has 5 nitrogen and oxygen atoms in total. The molecule has 1 rings (SSSR count). The standard InChI is InChI=1S/C11H21N3O2/c1-4-9-5-10(14(3)13-9)6-12-11(2,7-15)8-16/h5,12,15-16H,4,6-8H2,1-3H3. The van der Waals surface area contributed by atoms with Crippen LogP contribution in [-0.2, 0) is 20.0 Å². The maximum atomic E-state index is 9.14. The first-order chi connectivity index (χ1) is 7.54. The second-order valence-corrected chi connectivity index (χ2v) is 4.33. The van der Waals surface area contributed by atoms with Gasteiger partial charge in [0, 0.05) is 13.6 Å². The van der Waals surface area contributed by atoms with Crippen molar-refractivity contribution in [2.45, 2.75) is 32.4 Å². The van der Waals surface area contributed by atoms with Crippen molar-refractivity contribution < 1.29 is 10.2 Å². The monoisotopic (exact) mass is 227 g/mol. The van der Waals surface area contributed by atoms with Gasteiger partial charge in [0.1, 0.15) is 0 Å². The molecule has 0 aliphatic heterocycles. The molecule has 0 aliphatic rings. The zero-order valence-electron chi connectivity index (χ0n) is 10.2. The highest BCUT2D eigenvalue weighted by atomic mass is 16.3. The predicted molar refractivity (Wildman–Crippen MR) is 62.0 cm³/mol. The Labute approximate surface area is 96.1 Å². The molecule has 1 aromatic rings. The summed E-state index contributed by atoms with van der Waals surface area (Å²) in [5.41, 5.74) is 1.45. The number of rotatable bonds is 6. The van der Waals surface area contributed by atoms with Crippen LogP contribution >= 0.6 is 0 Å². The van der Waals surface area contributed by atoms with E-state index >= 15 is 0 Å². The van der Waals surface area contributed by atoms with Crippen molar-refractivity contribution >= 4 is 0 Å². The fourth-order valence-electron chi connectivity index (χ4n) is 1.38. The lowest BCUT2D eigenvalue weighted by Gasteiger charge is -2.26. The molecule has 0 radical (unpaired) electrons. The van der Waals surface area contributed by atoms with Crippen LogP contribution in [-0.4, -0.2) is 38.7 Å². The highest BCUT2D eigenvalue weighted by Gasteiger charge is 2.21. The minimum atomic E-state index is -0.642. The van der Waals surface area contributed by atoms with E-state index < -0.39 is 5.54 Å². The average Bonchev–Trinajstić information content (AvgIpc) is 2.67. The van der Waals surface area contributed by atoms with E-state index in [0.717, 1.165) is 17.8 Å². The number of nitrogens with one attached hydrogen (secondary N) is 1. The Morgan fingerprint density at radius 2 is 2.06 bits per heavy atom. The molecule has 0 fully saturated rings. The first kappa shape index (κ1) is 13.2. The van der Waals surface area contributed by atoms with E-state index in [1.165, 1.54) is 0 Å². The van der Waals surface area contributed by atoms with Crippen molar-refractivity contribution in [3.63, 3.8) is 0 Å². The Morgan fingerprint density at radius 1 is 1.44 bits per heavy atom. The van der Waals surface area contributed by atoms with Gasteiger partial charge in [0.15, 0.2) is 0 Å². The van der Waals surface area contributed by atoms with Crippen LogP contribution < -0.4 is 5.32 Å². The van der Waals surface area contributed by atoms with Crippen LogP contribution in [0, 0.1) is 0 Å². The molecule has 0 atom stereocenters. The molecule has 1 aromatic heterocycles. The topological polar surface area (TPSA) is 70.3 Å². The Morgan fingerprint density at radius 3 is 2.50 bits per heavy atom. The Bertz CT molecular complexity index is 332. The third kappa shape index (κ3) is 3.04. The summed E-state index contributed by atoms with van der Waals surface area (Å²) in [6.07, 6.45) is 0.908. The number of hydrogen-bond donors (Lipinski definition) is 3. The summed E-state index contributed by atoms with van der Waals surface area (Å²) in [6, 6.07) is 2.03. The Balaban J connectivity index is 2.63. The molecular formula is C11H21N3O2. The van der Waals surface area contributed by atoms with Gasteiger partial charge < -0.3 is 15.5 Å². The van der Waals surface area contributed by atoms with Gasteiger partial charge in [0.05, 0.1) is 30.1 Å². The highest BCUT2D eigenvalue weighted by molar-refractivity contribution is 5.10. The van der Waals surface area contributed by atoms with Gasteiger partial charge in [-0.05, 0) is 19.4 Å². The average molecular weight is 227 g/mol. The highest BCUT2D eigenvalue weighted by Crippen LogP contribution is 2.07. The molecule has 0 saturated carbocycles. The van der Waals surface area contributed by atoms with Crippen molar-refractivity contribution in [2.75, 3.05) is 13.2 Å². The SMILES string of the molecule is CCc1cc(CNC(C)(CO)CO)n(C)n1. The summed E-state index contributed by atoms with van der Waals surface area (Å²) < 4.78 is 1.82. The summed E-state index contributed by atoms with van der Waals surface area (Å²) in [5, 5.41) is 25.7. The fourth-order valence-corrected chi connectivity index (χ4v) is 1.38. The molecule has 0 saturated heterocycles. The molecular weight excluding hydrogens is 206 g/mol. The lowest BCUT2D eigenvalue weighted by Crippen LogP contribution is -2.48. The van der Waals surface area contributed by atoms with Crippen molar-refractivity contribution in [3.8, 4) is 0 Å². The number of aliphatic hydroxyl groups excluding tert-OH is 2. The van der Waals surface area contributed by atoms with E-state index in [9.17, 15) is 0 Å². The molecule has 16 heavy (non-hydrogen) atoms. The summed E-state index contributed by atoms with van der Waals surface area (Å²) in [5.74, 6) is 0. The summed E-state index contributed by atoms with van der Waals surface area (Å²) in [4.78, 5) is 0. The van der Waals surface area contributed by atoms with E-state index in [0.29, 0.717) is 6.54 Å². The Kier molecular flexibility index (Phi) is 4.46. The molecule has 0 aliphatic carbocycles. The van der Waals surface area contributed by atoms with E-state index in [2.05, 4.69) is 17.3 Å². The summed E-state index contributed by atoms with van der Waals surface area (Å²) >= 11 is 0. The molecule has 0 spiro atoms. The number of aromatic nitrogens is 2. The number of aryl methyl sites for hydroxylation is 2. The van der Waals surface area contributed by atoms with Crippen molar-refractivity contribution in [2.24, 2.45) is 7.05 Å². The predicted octanol–water partition coefficient (Wildman–Crippen LogP) is -0.185. The van der Waals surface area contributed by atoms with Crippen molar-refractivity contribution in [1.82, 2.24) is 15.1 Å². The van der Waals surface area contributed by atoms with Crippen LogP contribution in [0.5, 0.6) is 0 Å². The lowest BCUT2D eigenvalue weighted by atomic mass is 10.1. The van der Waals surface area contributed by atoms with E-state index in [1.54, 1.807) is 6.92 Å². The van der Waals surface area contributed by atoms with Crippen LogP contribution in [0.1, 0.15) is 25.2 Å². The normalized spacial score (nSPS) is 12.1. The molecule has 0 amide bonds. The molecule has 0 aromatic carbocycles. The zero-order chi connectivity index (χ0) is 12.2. The molecule has 0 unspecified atom stereocenters. The van der Waals surface area contributed by atoms with Gasteiger partial charge in [0.25, 0.3) is 0 Å². The minimum Gasteiger partial charge on any atom is -0.394 e. The minimum absolute atomic E-state index is 0.0953. The molecule has 0 bridgehead atoms. The van der Waals surface area contributed by atoms with Crippen LogP contribution in [0.25, 0.3) is 0 Å². The maximum absolute atomic E-state index is 9.14. The van der Waals surface area contributed by atoms with Crippen LogP contribution in [0.2, 0.25) is 0 Å². The van der Waals surface area contributed by atoms with Gasteiger partial charge >= 0.3 is 0 Å². The van der Waals surface area contributed by atoms with Crippen LogP contribution in [0.4, 0.5) is 0 Å².